The molecule has 3 aliphatic rings. The van der Waals surface area contributed by atoms with E-state index < -0.39 is 41.2 Å². The van der Waals surface area contributed by atoms with Gasteiger partial charge in [-0.1, -0.05) is 97.4 Å². The molecular weight excluding hydrogens is 670 g/mol. The number of ether oxygens (including phenoxy) is 1. The van der Waals surface area contributed by atoms with Gasteiger partial charge in [0.15, 0.2) is 0 Å². The number of hydrogen-bond donors (Lipinski definition) is 1. The van der Waals surface area contributed by atoms with Crippen molar-refractivity contribution in [3.05, 3.63) is 91.5 Å². The number of anilines is 1. The van der Waals surface area contributed by atoms with E-state index in [4.69, 9.17) is 4.74 Å². The molecule has 0 aromatic heterocycles. The fraction of sp³-hybridized carbons (Fsp3) is 0.513. The Balaban J connectivity index is 1.64. The molecule has 0 saturated carbocycles. The number of carbonyl (C=O) groups is 3. The average Bonchev–Trinajstić information content (AvgIpc) is 3.63. The van der Waals surface area contributed by atoms with Gasteiger partial charge in [-0.2, -0.15) is 0 Å². The van der Waals surface area contributed by atoms with Gasteiger partial charge in [-0.05, 0) is 56.2 Å². The van der Waals surface area contributed by atoms with Crippen LogP contribution in [0.3, 0.4) is 0 Å². The Labute approximate surface area is 293 Å². The first-order valence-electron chi connectivity index (χ1n) is 16.9. The largest absolute Gasteiger partial charge is 0.394 e. The van der Waals surface area contributed by atoms with Gasteiger partial charge >= 0.3 is 0 Å². The van der Waals surface area contributed by atoms with Gasteiger partial charge in [0, 0.05) is 29.1 Å². The van der Waals surface area contributed by atoms with Gasteiger partial charge in [-0.3, -0.25) is 14.4 Å². The van der Waals surface area contributed by atoms with Crippen molar-refractivity contribution in [2.75, 3.05) is 24.6 Å². The molecule has 3 fully saturated rings. The van der Waals surface area contributed by atoms with Crippen LogP contribution in [0.4, 0.5) is 5.69 Å². The number of para-hydroxylation sites is 1. The zero-order valence-corrected chi connectivity index (χ0v) is 30.4. The summed E-state index contributed by atoms with van der Waals surface area (Å²) in [5.41, 5.74) is -0.347. The average molecular weight is 721 g/mol. The Kier molecular flexibility index (Phi) is 10.4. The number of halogens is 1. The summed E-state index contributed by atoms with van der Waals surface area (Å²) < 4.78 is 6.88. The van der Waals surface area contributed by atoms with Crippen LogP contribution < -0.4 is 4.90 Å². The van der Waals surface area contributed by atoms with Crippen LogP contribution in [0, 0.1) is 17.3 Å². The standard InChI is InChI=1S/C39H50BrN3O5/c1-8-20-41(27-18-14-11-15-19-27)34(45)30-31-35(46)43(28(24-44)22-26-16-12-10-13-17-26)33(39(31)23-29(40)32(30)48-39)36(47)42(21-9-2)38(6,7)25-37(3,4)5/h8-19,28-33,44H,1-2,20-25H2,3-7H3/t28-,29?,30+,31+,32+,33?,39?/m1/s1. The van der Waals surface area contributed by atoms with Crippen molar-refractivity contribution in [1.82, 2.24) is 9.80 Å². The second-order valence-corrected chi connectivity index (χ2v) is 16.5. The van der Waals surface area contributed by atoms with Crippen LogP contribution in [0.5, 0.6) is 0 Å². The molecule has 8 nitrogen and oxygen atoms in total. The number of hydrogen-bond acceptors (Lipinski definition) is 5. The quantitative estimate of drug-likeness (QED) is 0.209. The number of rotatable bonds is 13. The first-order chi connectivity index (χ1) is 22.7. The monoisotopic (exact) mass is 719 g/mol. The number of amides is 3. The summed E-state index contributed by atoms with van der Waals surface area (Å²) in [5, 5.41) is 10.9. The second kappa shape index (κ2) is 13.9. The highest BCUT2D eigenvalue weighted by atomic mass is 79.9. The lowest BCUT2D eigenvalue weighted by molar-refractivity contribution is -0.155. The fourth-order valence-corrected chi connectivity index (χ4v) is 9.65. The third-order valence-electron chi connectivity index (χ3n) is 10.1. The van der Waals surface area contributed by atoms with E-state index in [9.17, 15) is 9.90 Å². The number of likely N-dealkylation sites (tertiary alicyclic amines) is 1. The van der Waals surface area contributed by atoms with E-state index in [1.54, 1.807) is 22.0 Å². The van der Waals surface area contributed by atoms with Crippen molar-refractivity contribution >= 4 is 39.3 Å². The van der Waals surface area contributed by atoms with Crippen molar-refractivity contribution in [1.29, 1.82) is 0 Å². The Morgan fingerprint density at radius 1 is 1.02 bits per heavy atom. The summed E-state index contributed by atoms with van der Waals surface area (Å²) in [4.78, 5) is 49.7. The molecule has 9 heteroatoms. The molecule has 7 atom stereocenters. The number of aliphatic hydroxyl groups is 1. The van der Waals surface area contributed by atoms with Crippen molar-refractivity contribution in [2.45, 2.75) is 88.0 Å². The van der Waals surface area contributed by atoms with Crippen molar-refractivity contribution < 1.29 is 24.2 Å². The van der Waals surface area contributed by atoms with E-state index in [0.717, 1.165) is 5.56 Å². The van der Waals surface area contributed by atoms with Gasteiger partial charge in [0.2, 0.25) is 17.7 Å². The van der Waals surface area contributed by atoms with E-state index in [1.165, 1.54) is 0 Å². The maximum Gasteiger partial charge on any atom is 0.249 e. The molecule has 3 aliphatic heterocycles. The summed E-state index contributed by atoms with van der Waals surface area (Å²) in [7, 11) is 0. The molecule has 0 radical (unpaired) electrons. The summed E-state index contributed by atoms with van der Waals surface area (Å²) in [6.07, 6.45) is 4.19. The van der Waals surface area contributed by atoms with Gasteiger partial charge in [0.1, 0.15) is 11.6 Å². The summed E-state index contributed by atoms with van der Waals surface area (Å²) in [6, 6.07) is 17.2. The molecule has 48 heavy (non-hydrogen) atoms. The highest BCUT2D eigenvalue weighted by molar-refractivity contribution is 9.09. The molecule has 0 aliphatic carbocycles. The van der Waals surface area contributed by atoms with Crippen molar-refractivity contribution in [3.63, 3.8) is 0 Å². The Bertz CT molecular complexity index is 1510. The minimum Gasteiger partial charge on any atom is -0.394 e. The van der Waals surface area contributed by atoms with Crippen LogP contribution in [0.25, 0.3) is 0 Å². The molecule has 2 bridgehead atoms. The van der Waals surface area contributed by atoms with Crippen molar-refractivity contribution in [2.24, 2.45) is 17.3 Å². The Hall–Kier alpha value is -3.27. The van der Waals surface area contributed by atoms with Gasteiger partial charge in [0.05, 0.1) is 30.6 Å². The zero-order chi connectivity index (χ0) is 35.0. The number of alkyl halides is 1. The van der Waals surface area contributed by atoms with Crippen LogP contribution in [0.2, 0.25) is 0 Å². The summed E-state index contributed by atoms with van der Waals surface area (Å²) in [6.45, 7) is 18.5. The molecule has 3 unspecified atom stereocenters. The molecule has 5 rings (SSSR count). The number of benzene rings is 2. The fourth-order valence-electron chi connectivity index (χ4n) is 8.70. The topological polar surface area (TPSA) is 90.4 Å². The minimum absolute atomic E-state index is 0.0943. The lowest BCUT2D eigenvalue weighted by atomic mass is 9.70. The highest BCUT2D eigenvalue weighted by Gasteiger charge is 2.77. The lowest BCUT2D eigenvalue weighted by Gasteiger charge is -2.46. The normalized spacial score (nSPS) is 27.0. The smallest absolute Gasteiger partial charge is 0.249 e. The summed E-state index contributed by atoms with van der Waals surface area (Å²) >= 11 is 3.81. The van der Waals surface area contributed by atoms with Crippen LogP contribution in [0.1, 0.15) is 53.0 Å². The predicted octanol–water partition coefficient (Wildman–Crippen LogP) is 5.79. The van der Waals surface area contributed by atoms with Crippen LogP contribution in [0.15, 0.2) is 86.0 Å². The number of carbonyl (C=O) groups excluding carboxylic acids is 3. The molecule has 3 saturated heterocycles. The van der Waals surface area contributed by atoms with Crippen LogP contribution >= 0.6 is 15.9 Å². The van der Waals surface area contributed by atoms with Gasteiger partial charge in [0.25, 0.3) is 0 Å². The van der Waals surface area contributed by atoms with E-state index >= 15 is 9.59 Å². The summed E-state index contributed by atoms with van der Waals surface area (Å²) in [5.74, 6) is -2.59. The molecule has 258 valence electrons. The van der Waals surface area contributed by atoms with E-state index in [1.807, 2.05) is 79.4 Å². The molecule has 1 spiro atoms. The Morgan fingerprint density at radius 3 is 2.19 bits per heavy atom. The maximum atomic E-state index is 15.3. The van der Waals surface area contributed by atoms with Crippen LogP contribution in [-0.2, 0) is 25.5 Å². The molecule has 2 aromatic carbocycles. The van der Waals surface area contributed by atoms with Crippen LogP contribution in [-0.4, -0.2) is 86.5 Å². The minimum atomic E-state index is -1.27. The third kappa shape index (κ3) is 6.53. The van der Waals surface area contributed by atoms with Gasteiger partial charge < -0.3 is 24.5 Å². The maximum absolute atomic E-state index is 15.3. The van der Waals surface area contributed by atoms with E-state index in [2.05, 4.69) is 49.9 Å². The molecule has 3 heterocycles. The van der Waals surface area contributed by atoms with Gasteiger partial charge in [-0.15, -0.1) is 13.2 Å². The first kappa shape index (κ1) is 36.0. The SMILES string of the molecule is C=CCN(C(=O)[C@H]1[C@H]2C(=O)N([C@@H](CO)Cc3ccccc3)C(C(=O)N(CC=C)C(C)(C)CC(C)(C)C)C23CC(Br)[C@@H]1O3)c1ccccc1. The third-order valence-corrected chi connectivity index (χ3v) is 10.9. The first-order valence-corrected chi connectivity index (χ1v) is 17.8. The molecular formula is C39H50BrN3O5. The molecule has 2 aromatic rings. The van der Waals surface area contributed by atoms with E-state index in [0.29, 0.717) is 24.9 Å². The number of nitrogens with zero attached hydrogens (tertiary/aromatic N) is 3. The van der Waals surface area contributed by atoms with Crippen molar-refractivity contribution in [3.8, 4) is 0 Å². The highest BCUT2D eigenvalue weighted by Crippen LogP contribution is 2.61. The van der Waals surface area contributed by atoms with E-state index in [-0.39, 0.29) is 47.7 Å². The number of aliphatic hydroxyl groups excluding tert-OH is 1. The lowest BCUT2D eigenvalue weighted by Crippen LogP contribution is -2.63. The number of fused-ring (bicyclic) bond motifs is 1. The molecule has 3 amide bonds. The second-order valence-electron chi connectivity index (χ2n) is 15.3. The van der Waals surface area contributed by atoms with Gasteiger partial charge in [-0.25, -0.2) is 0 Å². The Morgan fingerprint density at radius 2 is 1.62 bits per heavy atom. The molecule has 1 N–H and O–H groups in total. The zero-order valence-electron chi connectivity index (χ0n) is 28.8. The predicted molar refractivity (Wildman–Crippen MR) is 193 cm³/mol.